The van der Waals surface area contributed by atoms with E-state index in [9.17, 15) is 4.79 Å². The lowest BCUT2D eigenvalue weighted by atomic mass is 10.2. The summed E-state index contributed by atoms with van der Waals surface area (Å²) in [5.41, 5.74) is 2.51. The molecule has 0 aliphatic rings. The van der Waals surface area contributed by atoms with Crippen molar-refractivity contribution in [3.63, 3.8) is 0 Å². The van der Waals surface area contributed by atoms with E-state index in [4.69, 9.17) is 4.74 Å². The fraction of sp³-hybridized carbons (Fsp3) is 0.263. The van der Waals surface area contributed by atoms with Crippen molar-refractivity contribution in [2.45, 2.75) is 26.3 Å². The highest BCUT2D eigenvalue weighted by molar-refractivity contribution is 5.95. The van der Waals surface area contributed by atoms with Crippen molar-refractivity contribution >= 4 is 22.6 Å². The smallest absolute Gasteiger partial charge is 0.247 e. The Labute approximate surface area is 141 Å². The maximum absolute atomic E-state index is 12.7. The Bertz CT molecular complexity index is 841. The van der Waals surface area contributed by atoms with Crippen LogP contribution >= 0.6 is 0 Å². The monoisotopic (exact) mass is 323 g/mol. The third-order valence-corrected chi connectivity index (χ3v) is 3.88. The number of hydrogen-bond acceptors (Lipinski definition) is 3. The van der Waals surface area contributed by atoms with Crippen molar-refractivity contribution in [1.29, 1.82) is 0 Å². The molecule has 5 heteroatoms. The summed E-state index contributed by atoms with van der Waals surface area (Å²) in [4.78, 5) is 17.0. The van der Waals surface area contributed by atoms with E-state index in [2.05, 4.69) is 10.3 Å². The molecule has 0 saturated heterocycles. The second-order valence-corrected chi connectivity index (χ2v) is 5.65. The molecule has 1 heterocycles. The first-order chi connectivity index (χ1) is 11.7. The molecule has 0 bridgehead atoms. The summed E-state index contributed by atoms with van der Waals surface area (Å²) < 4.78 is 7.57. The third-order valence-electron chi connectivity index (χ3n) is 3.88. The van der Waals surface area contributed by atoms with E-state index in [0.29, 0.717) is 18.0 Å². The Balaban J connectivity index is 1.80. The van der Waals surface area contributed by atoms with E-state index >= 15 is 0 Å². The Kier molecular flexibility index (Phi) is 4.79. The zero-order valence-electron chi connectivity index (χ0n) is 13.9. The van der Waals surface area contributed by atoms with Gasteiger partial charge in [-0.05, 0) is 37.6 Å². The molecular weight excluding hydrogens is 302 g/mol. The van der Waals surface area contributed by atoms with Gasteiger partial charge in [-0.3, -0.25) is 4.79 Å². The number of carbonyl (C=O) groups is 1. The predicted molar refractivity (Wildman–Crippen MR) is 95.3 cm³/mol. The average Bonchev–Trinajstić information content (AvgIpc) is 3.04. The number of ether oxygens (including phenoxy) is 1. The minimum Gasteiger partial charge on any atom is -0.491 e. The van der Waals surface area contributed by atoms with Gasteiger partial charge in [0.15, 0.2) is 0 Å². The first-order valence-electron chi connectivity index (χ1n) is 8.15. The van der Waals surface area contributed by atoms with Gasteiger partial charge in [0.1, 0.15) is 11.8 Å². The highest BCUT2D eigenvalue weighted by Crippen LogP contribution is 2.25. The highest BCUT2D eigenvalue weighted by Gasteiger charge is 2.18. The molecule has 0 saturated carbocycles. The standard InChI is InChI=1S/C19H21N3O2/c1-3-12-24-18-11-7-5-9-16(18)21-19(23)14(2)22-13-20-15-8-4-6-10-17(15)22/h4-11,13-14H,3,12H2,1-2H3,(H,21,23). The topological polar surface area (TPSA) is 56.1 Å². The quantitative estimate of drug-likeness (QED) is 0.745. The number of hydrogen-bond donors (Lipinski definition) is 1. The van der Waals surface area contributed by atoms with Crippen LogP contribution in [0.2, 0.25) is 0 Å². The van der Waals surface area contributed by atoms with Gasteiger partial charge in [0.25, 0.3) is 0 Å². The number of nitrogens with zero attached hydrogens (tertiary/aromatic N) is 2. The second-order valence-electron chi connectivity index (χ2n) is 5.65. The predicted octanol–water partition coefficient (Wildman–Crippen LogP) is 4.02. The lowest BCUT2D eigenvalue weighted by Crippen LogP contribution is -2.23. The van der Waals surface area contributed by atoms with Crippen LogP contribution in [0.3, 0.4) is 0 Å². The molecular formula is C19H21N3O2. The maximum atomic E-state index is 12.7. The van der Waals surface area contributed by atoms with Gasteiger partial charge in [-0.15, -0.1) is 0 Å². The van der Waals surface area contributed by atoms with Crippen LogP contribution in [0.15, 0.2) is 54.9 Å². The summed E-state index contributed by atoms with van der Waals surface area (Å²) in [5, 5.41) is 2.96. The second kappa shape index (κ2) is 7.17. The van der Waals surface area contributed by atoms with E-state index < -0.39 is 0 Å². The van der Waals surface area contributed by atoms with Crippen molar-refractivity contribution in [2.24, 2.45) is 0 Å². The van der Waals surface area contributed by atoms with E-state index in [1.165, 1.54) is 0 Å². The number of benzene rings is 2. The Morgan fingerprint density at radius 1 is 1.21 bits per heavy atom. The van der Waals surface area contributed by atoms with Crippen LogP contribution in [0.1, 0.15) is 26.3 Å². The van der Waals surface area contributed by atoms with Crippen molar-refractivity contribution in [3.8, 4) is 5.75 Å². The minimum atomic E-state index is -0.378. The van der Waals surface area contributed by atoms with Crippen molar-refractivity contribution < 1.29 is 9.53 Å². The number of amides is 1. The molecule has 0 fully saturated rings. The molecule has 1 aromatic heterocycles. The molecule has 1 amide bonds. The molecule has 5 nitrogen and oxygen atoms in total. The molecule has 0 spiro atoms. The van der Waals surface area contributed by atoms with Crippen LogP contribution < -0.4 is 10.1 Å². The van der Waals surface area contributed by atoms with Crippen LogP contribution in [0.5, 0.6) is 5.75 Å². The molecule has 1 atom stereocenters. The number of para-hydroxylation sites is 4. The number of fused-ring (bicyclic) bond motifs is 1. The summed E-state index contributed by atoms with van der Waals surface area (Å²) in [6, 6.07) is 14.9. The van der Waals surface area contributed by atoms with E-state index in [1.54, 1.807) is 6.33 Å². The first kappa shape index (κ1) is 16.1. The zero-order chi connectivity index (χ0) is 16.9. The van der Waals surface area contributed by atoms with Crippen LogP contribution in [0.4, 0.5) is 5.69 Å². The van der Waals surface area contributed by atoms with Gasteiger partial charge in [-0.1, -0.05) is 31.2 Å². The molecule has 2 aromatic carbocycles. The largest absolute Gasteiger partial charge is 0.491 e. The number of anilines is 1. The molecule has 0 aliphatic heterocycles. The summed E-state index contributed by atoms with van der Waals surface area (Å²) in [6.45, 7) is 4.53. The molecule has 0 radical (unpaired) electrons. The Hall–Kier alpha value is -2.82. The van der Waals surface area contributed by atoms with Crippen molar-refractivity contribution in [3.05, 3.63) is 54.9 Å². The van der Waals surface area contributed by atoms with Gasteiger partial charge < -0.3 is 14.6 Å². The third kappa shape index (κ3) is 3.25. The SMILES string of the molecule is CCCOc1ccccc1NC(=O)C(C)n1cnc2ccccc21. The minimum absolute atomic E-state index is 0.106. The molecule has 3 rings (SSSR count). The van der Waals surface area contributed by atoms with Crippen LogP contribution in [0, 0.1) is 0 Å². The zero-order valence-corrected chi connectivity index (χ0v) is 13.9. The molecule has 1 unspecified atom stereocenters. The average molecular weight is 323 g/mol. The van der Waals surface area contributed by atoms with E-state index in [1.807, 2.05) is 66.9 Å². The molecule has 1 N–H and O–H groups in total. The summed E-state index contributed by atoms with van der Waals surface area (Å²) in [6.07, 6.45) is 2.62. The highest BCUT2D eigenvalue weighted by atomic mass is 16.5. The lowest BCUT2D eigenvalue weighted by molar-refractivity contribution is -0.118. The van der Waals surface area contributed by atoms with E-state index in [-0.39, 0.29) is 11.9 Å². The number of carbonyl (C=O) groups excluding carboxylic acids is 1. The molecule has 24 heavy (non-hydrogen) atoms. The Morgan fingerprint density at radius 3 is 2.79 bits per heavy atom. The van der Waals surface area contributed by atoms with E-state index in [0.717, 1.165) is 17.5 Å². The fourth-order valence-electron chi connectivity index (χ4n) is 2.56. The fourth-order valence-corrected chi connectivity index (χ4v) is 2.56. The number of aromatic nitrogens is 2. The van der Waals surface area contributed by atoms with Gasteiger partial charge in [0.2, 0.25) is 5.91 Å². The number of rotatable bonds is 6. The normalized spacial score (nSPS) is 12.1. The molecule has 0 aliphatic carbocycles. The van der Waals surface area contributed by atoms with Gasteiger partial charge in [0.05, 0.1) is 29.7 Å². The van der Waals surface area contributed by atoms with Crippen LogP contribution in [0.25, 0.3) is 11.0 Å². The summed E-state index contributed by atoms with van der Waals surface area (Å²) >= 11 is 0. The molecule has 124 valence electrons. The lowest BCUT2D eigenvalue weighted by Gasteiger charge is -2.16. The van der Waals surface area contributed by atoms with Gasteiger partial charge in [-0.25, -0.2) is 4.98 Å². The first-order valence-corrected chi connectivity index (χ1v) is 8.15. The van der Waals surface area contributed by atoms with Gasteiger partial charge in [0, 0.05) is 0 Å². The van der Waals surface area contributed by atoms with Gasteiger partial charge in [-0.2, -0.15) is 0 Å². The number of nitrogens with one attached hydrogen (secondary N) is 1. The molecule has 3 aromatic rings. The number of imidazole rings is 1. The van der Waals surface area contributed by atoms with Crippen molar-refractivity contribution in [2.75, 3.05) is 11.9 Å². The summed E-state index contributed by atoms with van der Waals surface area (Å²) in [5.74, 6) is 0.584. The Morgan fingerprint density at radius 2 is 1.96 bits per heavy atom. The van der Waals surface area contributed by atoms with Crippen LogP contribution in [-0.4, -0.2) is 22.1 Å². The van der Waals surface area contributed by atoms with Crippen LogP contribution in [-0.2, 0) is 4.79 Å². The summed E-state index contributed by atoms with van der Waals surface area (Å²) in [7, 11) is 0. The van der Waals surface area contributed by atoms with Crippen molar-refractivity contribution in [1.82, 2.24) is 9.55 Å². The maximum Gasteiger partial charge on any atom is 0.247 e. The van der Waals surface area contributed by atoms with Gasteiger partial charge >= 0.3 is 0 Å².